The fourth-order valence-electron chi connectivity index (χ4n) is 2.22. The lowest BCUT2D eigenvalue weighted by atomic mass is 10.1. The highest BCUT2D eigenvalue weighted by molar-refractivity contribution is 5.92. The fourth-order valence-corrected chi connectivity index (χ4v) is 2.22. The van der Waals surface area contributed by atoms with E-state index in [-0.39, 0.29) is 17.4 Å². The molecule has 0 bridgehead atoms. The van der Waals surface area contributed by atoms with Gasteiger partial charge in [-0.2, -0.15) is 0 Å². The van der Waals surface area contributed by atoms with Gasteiger partial charge in [0.25, 0.3) is 5.56 Å². The lowest BCUT2D eigenvalue weighted by molar-refractivity contribution is 0.0856. The minimum atomic E-state index is -0.313. The Morgan fingerprint density at radius 2 is 1.95 bits per heavy atom. The SMILES string of the molecule is CC(C)C(=O)n1c(=O)ccc2ccc(OCCCCN)cc21. The largest absolute Gasteiger partial charge is 0.494 e. The van der Waals surface area contributed by atoms with Crippen LogP contribution in [0.1, 0.15) is 31.5 Å². The third kappa shape index (κ3) is 3.54. The molecule has 0 atom stereocenters. The van der Waals surface area contributed by atoms with Crippen LogP contribution in [0, 0.1) is 5.92 Å². The predicted octanol–water partition coefficient (Wildman–Crippen LogP) is 2.42. The molecule has 2 N–H and O–H groups in total. The average Bonchev–Trinajstić information content (AvgIpc) is 2.50. The minimum absolute atomic E-state index is 0.212. The summed E-state index contributed by atoms with van der Waals surface area (Å²) in [6.45, 7) is 4.77. The molecule has 0 saturated carbocycles. The molecule has 0 radical (unpaired) electrons. The van der Waals surface area contributed by atoms with Gasteiger partial charge in [-0.15, -0.1) is 0 Å². The molecule has 0 amide bonds. The Bertz CT molecular complexity index is 719. The highest BCUT2D eigenvalue weighted by atomic mass is 16.5. The summed E-state index contributed by atoms with van der Waals surface area (Å²) in [4.78, 5) is 24.4. The number of hydrogen-bond acceptors (Lipinski definition) is 4. The van der Waals surface area contributed by atoms with Crippen LogP contribution in [0.4, 0.5) is 0 Å². The Kier molecular flexibility index (Phi) is 5.33. The maximum atomic E-state index is 12.3. The molecule has 0 fully saturated rings. The van der Waals surface area contributed by atoms with Crippen molar-refractivity contribution in [1.82, 2.24) is 4.57 Å². The number of nitrogens with zero attached hydrogens (tertiary/aromatic N) is 1. The summed E-state index contributed by atoms with van der Waals surface area (Å²) in [6.07, 6.45) is 1.78. The number of pyridine rings is 1. The van der Waals surface area contributed by atoms with Crippen molar-refractivity contribution >= 4 is 16.8 Å². The molecule has 1 aromatic heterocycles. The van der Waals surface area contributed by atoms with Gasteiger partial charge in [-0.25, -0.2) is 4.57 Å². The summed E-state index contributed by atoms with van der Waals surface area (Å²) in [5.74, 6) is 0.189. The number of ether oxygens (including phenoxy) is 1. The zero-order valence-electron chi connectivity index (χ0n) is 13.0. The molecule has 5 nitrogen and oxygen atoms in total. The lowest BCUT2D eigenvalue weighted by Crippen LogP contribution is -2.29. The summed E-state index contributed by atoms with van der Waals surface area (Å²) in [6, 6.07) is 8.60. The molecule has 0 spiro atoms. The Labute approximate surface area is 129 Å². The second kappa shape index (κ2) is 7.22. The van der Waals surface area contributed by atoms with Crippen molar-refractivity contribution in [2.75, 3.05) is 13.2 Å². The minimum Gasteiger partial charge on any atom is -0.494 e. The van der Waals surface area contributed by atoms with Crippen LogP contribution in [0.25, 0.3) is 10.9 Å². The molecule has 1 heterocycles. The summed E-state index contributed by atoms with van der Waals surface area (Å²) < 4.78 is 6.90. The number of aromatic nitrogens is 1. The number of carbonyl (C=O) groups excluding carboxylic acids is 1. The van der Waals surface area contributed by atoms with Crippen LogP contribution >= 0.6 is 0 Å². The summed E-state index contributed by atoms with van der Waals surface area (Å²) >= 11 is 0. The first kappa shape index (κ1) is 16.2. The zero-order valence-corrected chi connectivity index (χ0v) is 13.0. The zero-order chi connectivity index (χ0) is 16.1. The molecule has 2 aromatic rings. The van der Waals surface area contributed by atoms with Crippen molar-refractivity contribution < 1.29 is 9.53 Å². The third-order valence-corrected chi connectivity index (χ3v) is 3.45. The fraction of sp³-hybridized carbons (Fsp3) is 0.412. The molecule has 5 heteroatoms. The van der Waals surface area contributed by atoms with Crippen molar-refractivity contribution in [3.05, 3.63) is 40.7 Å². The molecule has 118 valence electrons. The quantitative estimate of drug-likeness (QED) is 0.832. The van der Waals surface area contributed by atoms with E-state index < -0.39 is 0 Å². The van der Waals surface area contributed by atoms with E-state index in [9.17, 15) is 9.59 Å². The van der Waals surface area contributed by atoms with Crippen LogP contribution in [0.5, 0.6) is 5.75 Å². The summed E-state index contributed by atoms with van der Waals surface area (Å²) in [5, 5.41) is 0.836. The number of fused-ring (bicyclic) bond motifs is 1. The van der Waals surface area contributed by atoms with Crippen LogP contribution < -0.4 is 16.0 Å². The van der Waals surface area contributed by atoms with Crippen LogP contribution in [0.3, 0.4) is 0 Å². The van der Waals surface area contributed by atoms with Crippen molar-refractivity contribution in [1.29, 1.82) is 0 Å². The van der Waals surface area contributed by atoms with E-state index in [0.29, 0.717) is 24.4 Å². The molecular formula is C17H22N2O3. The molecule has 1 aromatic carbocycles. The van der Waals surface area contributed by atoms with E-state index in [4.69, 9.17) is 10.5 Å². The smallest absolute Gasteiger partial charge is 0.257 e. The normalized spacial score (nSPS) is 11.1. The molecule has 0 aliphatic carbocycles. The van der Waals surface area contributed by atoms with Gasteiger partial charge >= 0.3 is 0 Å². The number of carbonyl (C=O) groups is 1. The molecule has 2 rings (SSSR count). The van der Waals surface area contributed by atoms with Gasteiger partial charge in [0.15, 0.2) is 0 Å². The van der Waals surface area contributed by atoms with E-state index in [2.05, 4.69) is 0 Å². The van der Waals surface area contributed by atoms with Gasteiger partial charge < -0.3 is 10.5 Å². The van der Waals surface area contributed by atoms with Crippen molar-refractivity contribution in [3.8, 4) is 5.75 Å². The topological polar surface area (TPSA) is 74.3 Å². The molecule has 0 unspecified atom stereocenters. The maximum Gasteiger partial charge on any atom is 0.257 e. The Hall–Kier alpha value is -2.14. The van der Waals surface area contributed by atoms with E-state index in [1.807, 2.05) is 12.1 Å². The number of benzene rings is 1. The van der Waals surface area contributed by atoms with Crippen LogP contribution in [-0.2, 0) is 0 Å². The Balaban J connectivity index is 2.39. The van der Waals surface area contributed by atoms with Gasteiger partial charge in [-0.3, -0.25) is 9.59 Å². The van der Waals surface area contributed by atoms with Crippen LogP contribution in [-0.4, -0.2) is 23.6 Å². The first-order valence-corrected chi connectivity index (χ1v) is 7.57. The van der Waals surface area contributed by atoms with Crippen molar-refractivity contribution in [3.63, 3.8) is 0 Å². The monoisotopic (exact) mass is 302 g/mol. The van der Waals surface area contributed by atoms with E-state index >= 15 is 0 Å². The average molecular weight is 302 g/mol. The lowest BCUT2D eigenvalue weighted by Gasteiger charge is -2.12. The first-order chi connectivity index (χ1) is 10.5. The number of unbranched alkanes of at least 4 members (excludes halogenated alkanes) is 1. The molecular weight excluding hydrogens is 280 g/mol. The molecule has 0 aliphatic heterocycles. The summed E-state index contributed by atoms with van der Waals surface area (Å²) in [7, 11) is 0. The van der Waals surface area contributed by atoms with Gasteiger partial charge in [0, 0.05) is 18.1 Å². The van der Waals surface area contributed by atoms with E-state index in [1.165, 1.54) is 10.6 Å². The van der Waals surface area contributed by atoms with E-state index in [0.717, 1.165) is 18.2 Å². The van der Waals surface area contributed by atoms with Crippen molar-refractivity contribution in [2.45, 2.75) is 26.7 Å². The van der Waals surface area contributed by atoms with Gasteiger partial charge in [0.05, 0.1) is 12.1 Å². The second-order valence-electron chi connectivity index (χ2n) is 5.56. The van der Waals surface area contributed by atoms with Gasteiger partial charge in [-0.05, 0) is 43.0 Å². The van der Waals surface area contributed by atoms with Gasteiger partial charge in [0.1, 0.15) is 5.75 Å². The number of nitrogens with two attached hydrogens (primary N) is 1. The number of rotatable bonds is 6. The van der Waals surface area contributed by atoms with Crippen LogP contribution in [0.15, 0.2) is 35.1 Å². The van der Waals surface area contributed by atoms with Gasteiger partial charge in [-0.1, -0.05) is 13.8 Å². The maximum absolute atomic E-state index is 12.3. The predicted molar refractivity (Wildman–Crippen MR) is 87.5 cm³/mol. The Morgan fingerprint density at radius 1 is 1.23 bits per heavy atom. The first-order valence-electron chi connectivity index (χ1n) is 7.57. The highest BCUT2D eigenvalue weighted by Crippen LogP contribution is 2.20. The molecule has 0 aliphatic rings. The molecule has 0 saturated heterocycles. The highest BCUT2D eigenvalue weighted by Gasteiger charge is 2.15. The Morgan fingerprint density at radius 3 is 2.64 bits per heavy atom. The number of hydrogen-bond donors (Lipinski definition) is 1. The van der Waals surface area contributed by atoms with Crippen molar-refractivity contribution in [2.24, 2.45) is 11.7 Å². The summed E-state index contributed by atoms with van der Waals surface area (Å²) in [5.41, 5.74) is 5.72. The third-order valence-electron chi connectivity index (χ3n) is 3.45. The standard InChI is InChI=1S/C17H22N2O3/c1-12(2)17(21)19-15-11-14(22-10-4-3-9-18)7-5-13(15)6-8-16(19)20/h5-8,11-12H,3-4,9-10,18H2,1-2H3. The second-order valence-corrected chi connectivity index (χ2v) is 5.56. The van der Waals surface area contributed by atoms with E-state index in [1.54, 1.807) is 26.0 Å². The van der Waals surface area contributed by atoms with Gasteiger partial charge in [0.2, 0.25) is 5.91 Å². The van der Waals surface area contributed by atoms with Crippen LogP contribution in [0.2, 0.25) is 0 Å². The molecule has 22 heavy (non-hydrogen) atoms.